The molecule has 2 rings (SSSR count). The van der Waals surface area contributed by atoms with Gasteiger partial charge in [0.15, 0.2) is 5.76 Å². The van der Waals surface area contributed by atoms with Crippen LogP contribution in [0.3, 0.4) is 0 Å². The number of hydrogen-bond donors (Lipinski definition) is 0. The molecule has 0 fully saturated rings. The highest BCUT2D eigenvalue weighted by Crippen LogP contribution is 2.32. The van der Waals surface area contributed by atoms with Gasteiger partial charge in [-0.2, -0.15) is 5.26 Å². The van der Waals surface area contributed by atoms with Crippen LogP contribution in [0.15, 0.2) is 42.2 Å². The van der Waals surface area contributed by atoms with Crippen molar-refractivity contribution in [2.24, 2.45) is 5.92 Å². The normalized spacial score (nSPS) is 24.9. The van der Waals surface area contributed by atoms with E-state index < -0.39 is 0 Å². The van der Waals surface area contributed by atoms with Crippen LogP contribution < -0.4 is 0 Å². The van der Waals surface area contributed by atoms with Crippen LogP contribution in [0.2, 0.25) is 0 Å². The van der Waals surface area contributed by atoms with E-state index in [0.29, 0.717) is 11.7 Å². The highest BCUT2D eigenvalue weighted by Gasteiger charge is 2.22. The first kappa shape index (κ1) is 9.79. The number of nitrogens with zero attached hydrogens (tertiary/aromatic N) is 1. The standard InChI is InChI=1S/C13H13NO/c1-10-7-12(9-14)15-13(8-10)11-5-3-2-4-6-11/h2-7,10,13H,8H2,1H3/t10-,13+/m0/s1. The summed E-state index contributed by atoms with van der Waals surface area (Å²) in [4.78, 5) is 0. The zero-order chi connectivity index (χ0) is 10.7. The van der Waals surface area contributed by atoms with Gasteiger partial charge in [-0.25, -0.2) is 0 Å². The largest absolute Gasteiger partial charge is 0.476 e. The molecule has 0 bridgehead atoms. The van der Waals surface area contributed by atoms with Crippen LogP contribution in [0, 0.1) is 17.2 Å². The summed E-state index contributed by atoms with van der Waals surface area (Å²) in [7, 11) is 0. The molecule has 2 atom stereocenters. The number of rotatable bonds is 1. The van der Waals surface area contributed by atoms with Crippen molar-refractivity contribution in [1.82, 2.24) is 0 Å². The van der Waals surface area contributed by atoms with Crippen molar-refractivity contribution in [3.05, 3.63) is 47.7 Å². The summed E-state index contributed by atoms with van der Waals surface area (Å²) in [6.45, 7) is 2.11. The van der Waals surface area contributed by atoms with Gasteiger partial charge in [0.1, 0.15) is 12.2 Å². The molecule has 1 aliphatic heterocycles. The second kappa shape index (κ2) is 4.18. The number of benzene rings is 1. The van der Waals surface area contributed by atoms with E-state index in [0.717, 1.165) is 12.0 Å². The van der Waals surface area contributed by atoms with Gasteiger partial charge in [0.2, 0.25) is 0 Å². The Kier molecular flexibility index (Phi) is 2.73. The molecule has 1 aromatic rings. The smallest absolute Gasteiger partial charge is 0.193 e. The maximum Gasteiger partial charge on any atom is 0.193 e. The summed E-state index contributed by atoms with van der Waals surface area (Å²) in [5.41, 5.74) is 1.14. The SMILES string of the molecule is C[C@H]1C=C(C#N)O[C@@H](c2ccccc2)C1. The Morgan fingerprint density at radius 2 is 2.07 bits per heavy atom. The van der Waals surface area contributed by atoms with E-state index in [4.69, 9.17) is 10.00 Å². The van der Waals surface area contributed by atoms with Gasteiger partial charge in [0.25, 0.3) is 0 Å². The average Bonchev–Trinajstić information content (AvgIpc) is 2.29. The van der Waals surface area contributed by atoms with E-state index in [1.165, 1.54) is 0 Å². The third-order valence-electron chi connectivity index (χ3n) is 2.57. The molecule has 0 aliphatic carbocycles. The minimum atomic E-state index is 0.0286. The Morgan fingerprint density at radius 1 is 1.33 bits per heavy atom. The van der Waals surface area contributed by atoms with Crippen molar-refractivity contribution < 1.29 is 4.74 Å². The van der Waals surface area contributed by atoms with Crippen LogP contribution in [0.5, 0.6) is 0 Å². The van der Waals surface area contributed by atoms with Gasteiger partial charge in [-0.1, -0.05) is 37.3 Å². The lowest BCUT2D eigenvalue weighted by molar-refractivity contribution is 0.0923. The average molecular weight is 199 g/mol. The fraction of sp³-hybridized carbons (Fsp3) is 0.308. The number of allylic oxidation sites excluding steroid dienone is 2. The van der Waals surface area contributed by atoms with Gasteiger partial charge in [-0.15, -0.1) is 0 Å². The summed E-state index contributed by atoms with van der Waals surface area (Å²) < 4.78 is 5.59. The molecule has 0 N–H and O–H groups in total. The van der Waals surface area contributed by atoms with Gasteiger partial charge in [0.05, 0.1) is 0 Å². The van der Waals surface area contributed by atoms with E-state index >= 15 is 0 Å². The van der Waals surface area contributed by atoms with Crippen molar-refractivity contribution in [3.8, 4) is 6.07 Å². The summed E-state index contributed by atoms with van der Waals surface area (Å²) in [6.07, 6.45) is 2.86. The van der Waals surface area contributed by atoms with Crippen LogP contribution in [0.25, 0.3) is 0 Å². The van der Waals surface area contributed by atoms with Crippen LogP contribution in [-0.4, -0.2) is 0 Å². The summed E-state index contributed by atoms with van der Waals surface area (Å²) in [6, 6.07) is 12.1. The summed E-state index contributed by atoms with van der Waals surface area (Å²) in [5.74, 6) is 0.848. The number of nitriles is 1. The quantitative estimate of drug-likeness (QED) is 0.695. The molecule has 0 saturated heterocycles. The van der Waals surface area contributed by atoms with Crippen molar-refractivity contribution >= 4 is 0 Å². The first-order valence-electron chi connectivity index (χ1n) is 5.13. The van der Waals surface area contributed by atoms with Crippen LogP contribution in [0.4, 0.5) is 0 Å². The van der Waals surface area contributed by atoms with Crippen molar-refractivity contribution in [3.63, 3.8) is 0 Å². The third-order valence-corrected chi connectivity index (χ3v) is 2.57. The fourth-order valence-electron chi connectivity index (χ4n) is 1.84. The topological polar surface area (TPSA) is 33.0 Å². The highest BCUT2D eigenvalue weighted by atomic mass is 16.5. The first-order valence-corrected chi connectivity index (χ1v) is 5.13. The third kappa shape index (κ3) is 2.19. The number of ether oxygens (including phenoxy) is 1. The summed E-state index contributed by atoms with van der Waals surface area (Å²) in [5, 5.41) is 8.83. The lowest BCUT2D eigenvalue weighted by Gasteiger charge is -2.25. The van der Waals surface area contributed by atoms with Crippen molar-refractivity contribution in [1.29, 1.82) is 5.26 Å². The Bertz CT molecular complexity index is 402. The Morgan fingerprint density at radius 3 is 2.73 bits per heavy atom. The lowest BCUT2D eigenvalue weighted by Crippen LogP contribution is -2.13. The predicted octanol–water partition coefficient (Wildman–Crippen LogP) is 3.19. The molecule has 0 amide bonds. The molecule has 0 aromatic heterocycles. The van der Waals surface area contributed by atoms with Crippen LogP contribution in [-0.2, 0) is 4.74 Å². The maximum absolute atomic E-state index is 8.83. The predicted molar refractivity (Wildman–Crippen MR) is 57.7 cm³/mol. The highest BCUT2D eigenvalue weighted by molar-refractivity contribution is 5.23. The molecule has 0 unspecified atom stereocenters. The van der Waals surface area contributed by atoms with Gasteiger partial charge in [-0.3, -0.25) is 0 Å². The molecule has 76 valence electrons. The lowest BCUT2D eigenvalue weighted by atomic mass is 9.95. The number of hydrogen-bond acceptors (Lipinski definition) is 2. The molecule has 0 saturated carbocycles. The minimum Gasteiger partial charge on any atom is -0.476 e. The van der Waals surface area contributed by atoms with E-state index in [-0.39, 0.29) is 6.10 Å². The van der Waals surface area contributed by atoms with Gasteiger partial charge in [0, 0.05) is 0 Å². The van der Waals surface area contributed by atoms with Crippen LogP contribution >= 0.6 is 0 Å². The van der Waals surface area contributed by atoms with Gasteiger partial charge >= 0.3 is 0 Å². The fourth-order valence-corrected chi connectivity index (χ4v) is 1.84. The molecule has 2 heteroatoms. The van der Waals surface area contributed by atoms with Crippen LogP contribution in [0.1, 0.15) is 25.0 Å². The van der Waals surface area contributed by atoms with E-state index in [2.05, 4.69) is 13.0 Å². The molecule has 15 heavy (non-hydrogen) atoms. The summed E-state index contributed by atoms with van der Waals surface area (Å²) >= 11 is 0. The van der Waals surface area contributed by atoms with Gasteiger partial charge in [-0.05, 0) is 24.0 Å². The Balaban J connectivity index is 2.21. The molecule has 0 radical (unpaired) electrons. The second-order valence-corrected chi connectivity index (χ2v) is 3.87. The Labute approximate surface area is 89.8 Å². The zero-order valence-electron chi connectivity index (χ0n) is 8.68. The molecule has 1 aromatic carbocycles. The molecule has 0 spiro atoms. The van der Waals surface area contributed by atoms with Gasteiger partial charge < -0.3 is 4.74 Å². The zero-order valence-corrected chi connectivity index (χ0v) is 8.68. The first-order chi connectivity index (χ1) is 7.29. The molecule has 1 heterocycles. The maximum atomic E-state index is 8.83. The molecule has 1 aliphatic rings. The molecule has 2 nitrogen and oxygen atoms in total. The van der Waals surface area contributed by atoms with E-state index in [9.17, 15) is 0 Å². The molecular formula is C13H13NO. The van der Waals surface area contributed by atoms with Crippen molar-refractivity contribution in [2.45, 2.75) is 19.4 Å². The monoisotopic (exact) mass is 199 g/mol. The Hall–Kier alpha value is -1.75. The van der Waals surface area contributed by atoms with Crippen molar-refractivity contribution in [2.75, 3.05) is 0 Å². The molecular weight excluding hydrogens is 186 g/mol. The second-order valence-electron chi connectivity index (χ2n) is 3.87. The van der Waals surface area contributed by atoms with E-state index in [1.807, 2.05) is 36.4 Å². The minimum absolute atomic E-state index is 0.0286. The van der Waals surface area contributed by atoms with E-state index in [1.54, 1.807) is 0 Å².